The molecule has 2 rings (SSSR count). The smallest absolute Gasteiger partial charge is 0.228 e. The summed E-state index contributed by atoms with van der Waals surface area (Å²) < 4.78 is 7.61. The van der Waals surface area contributed by atoms with Gasteiger partial charge >= 0.3 is 0 Å². The van der Waals surface area contributed by atoms with Crippen molar-refractivity contribution in [2.75, 3.05) is 13.7 Å². The second kappa shape index (κ2) is 6.79. The molecule has 0 aliphatic carbocycles. The van der Waals surface area contributed by atoms with Gasteiger partial charge in [-0.25, -0.2) is 4.98 Å². The molecule has 118 valence electrons. The summed E-state index contributed by atoms with van der Waals surface area (Å²) in [7, 11) is 3.67. The summed E-state index contributed by atoms with van der Waals surface area (Å²) in [6.45, 7) is 5.43. The molecule has 1 fully saturated rings. The number of carbonyl (C=O) groups is 1. The molecule has 1 aromatic heterocycles. The summed E-state index contributed by atoms with van der Waals surface area (Å²) in [5.41, 5.74) is 0. The highest BCUT2D eigenvalue weighted by atomic mass is 35.5. The number of hydrogen-bond donors (Lipinski definition) is 0. The van der Waals surface area contributed by atoms with Gasteiger partial charge in [-0.1, -0.05) is 25.4 Å². The second-order valence-corrected chi connectivity index (χ2v) is 6.47. The van der Waals surface area contributed by atoms with Crippen LogP contribution in [-0.4, -0.2) is 40.1 Å². The first-order chi connectivity index (χ1) is 9.91. The van der Waals surface area contributed by atoms with Crippen LogP contribution in [0.5, 0.6) is 0 Å². The minimum Gasteiger partial charge on any atom is -0.377 e. The van der Waals surface area contributed by atoms with E-state index in [1.54, 1.807) is 15.7 Å². The van der Waals surface area contributed by atoms with Crippen molar-refractivity contribution in [1.82, 2.24) is 14.5 Å². The van der Waals surface area contributed by atoms with Crippen molar-refractivity contribution in [2.45, 2.75) is 39.3 Å². The Morgan fingerprint density at radius 2 is 2.33 bits per heavy atom. The van der Waals surface area contributed by atoms with Crippen LogP contribution in [-0.2, 0) is 23.1 Å². The van der Waals surface area contributed by atoms with Gasteiger partial charge in [-0.3, -0.25) is 4.79 Å². The van der Waals surface area contributed by atoms with Gasteiger partial charge in [0.15, 0.2) is 0 Å². The molecule has 2 atom stereocenters. The van der Waals surface area contributed by atoms with E-state index in [0.29, 0.717) is 17.6 Å². The lowest BCUT2D eigenvalue weighted by atomic mass is 9.86. The number of nitrogens with zero attached hydrogens (tertiary/aromatic N) is 3. The minimum absolute atomic E-state index is 0.0126. The van der Waals surface area contributed by atoms with E-state index < -0.39 is 0 Å². The maximum atomic E-state index is 12.7. The van der Waals surface area contributed by atoms with Gasteiger partial charge in [-0.05, 0) is 18.8 Å². The maximum Gasteiger partial charge on any atom is 0.228 e. The van der Waals surface area contributed by atoms with Crippen LogP contribution < -0.4 is 0 Å². The quantitative estimate of drug-likeness (QED) is 0.858. The predicted molar refractivity (Wildman–Crippen MR) is 82.0 cm³/mol. The highest BCUT2D eigenvalue weighted by Gasteiger charge is 2.35. The van der Waals surface area contributed by atoms with Gasteiger partial charge in [0.2, 0.25) is 5.91 Å². The Labute approximate surface area is 131 Å². The number of carbonyl (C=O) groups excluding carboxylic acids is 1. The van der Waals surface area contributed by atoms with Gasteiger partial charge in [-0.15, -0.1) is 0 Å². The van der Waals surface area contributed by atoms with Crippen molar-refractivity contribution < 1.29 is 9.53 Å². The lowest BCUT2D eigenvalue weighted by Gasteiger charge is -2.35. The van der Waals surface area contributed by atoms with E-state index in [4.69, 9.17) is 16.3 Å². The number of amides is 1. The predicted octanol–water partition coefficient (Wildman–Crippen LogP) is 2.48. The van der Waals surface area contributed by atoms with Crippen LogP contribution in [0.15, 0.2) is 6.20 Å². The van der Waals surface area contributed by atoms with Crippen molar-refractivity contribution >= 4 is 17.5 Å². The lowest BCUT2D eigenvalue weighted by molar-refractivity contribution is -0.147. The number of aromatic nitrogens is 2. The Kier molecular flexibility index (Phi) is 5.27. The fourth-order valence-electron chi connectivity index (χ4n) is 2.87. The molecule has 1 aromatic rings. The molecule has 6 heteroatoms. The van der Waals surface area contributed by atoms with Crippen molar-refractivity contribution in [3.05, 3.63) is 17.2 Å². The second-order valence-electron chi connectivity index (χ2n) is 6.08. The minimum atomic E-state index is -0.0560. The summed E-state index contributed by atoms with van der Waals surface area (Å²) in [4.78, 5) is 18.7. The van der Waals surface area contributed by atoms with Gasteiger partial charge < -0.3 is 14.2 Å². The maximum absolute atomic E-state index is 12.7. The summed E-state index contributed by atoms with van der Waals surface area (Å²) in [5, 5.41) is 0.576. The Balaban J connectivity index is 2.05. The highest BCUT2D eigenvalue weighted by molar-refractivity contribution is 6.29. The first-order valence-electron chi connectivity index (χ1n) is 7.44. The molecular weight excluding hydrogens is 290 g/mol. The Bertz CT molecular complexity index is 501. The van der Waals surface area contributed by atoms with Crippen molar-refractivity contribution in [2.24, 2.45) is 18.9 Å². The molecule has 0 unspecified atom stereocenters. The SMILES string of the molecule is CC(C)[C@H]1OCCC[C@H]1C(=O)N(C)Cc1ncc(Cl)n1C. The standard InChI is InChI=1S/C15H24ClN3O2/c1-10(2)14-11(6-5-7-21-14)15(20)18(3)9-13-17-8-12(16)19(13)4/h8,10-11,14H,5-7,9H2,1-4H3/t11-,14-/m1/s1. The number of rotatable bonds is 4. The third-order valence-electron chi connectivity index (χ3n) is 4.12. The van der Waals surface area contributed by atoms with E-state index in [1.807, 2.05) is 14.1 Å². The first kappa shape index (κ1) is 16.3. The molecule has 1 saturated heterocycles. The third kappa shape index (κ3) is 3.58. The van der Waals surface area contributed by atoms with E-state index in [-0.39, 0.29) is 17.9 Å². The van der Waals surface area contributed by atoms with Crippen LogP contribution in [0.2, 0.25) is 5.15 Å². The summed E-state index contributed by atoms with van der Waals surface area (Å²) in [5.74, 6) is 1.20. The Morgan fingerprint density at radius 1 is 1.62 bits per heavy atom. The fourth-order valence-corrected chi connectivity index (χ4v) is 3.01. The molecule has 0 aromatic carbocycles. The van der Waals surface area contributed by atoms with Crippen LogP contribution in [0.25, 0.3) is 0 Å². The number of hydrogen-bond acceptors (Lipinski definition) is 3. The Hall–Kier alpha value is -1.07. The van der Waals surface area contributed by atoms with E-state index in [9.17, 15) is 4.79 Å². The van der Waals surface area contributed by atoms with Gasteiger partial charge in [0.25, 0.3) is 0 Å². The average Bonchev–Trinajstić information content (AvgIpc) is 2.78. The molecule has 1 amide bonds. The fraction of sp³-hybridized carbons (Fsp3) is 0.733. The van der Waals surface area contributed by atoms with Crippen molar-refractivity contribution in [1.29, 1.82) is 0 Å². The molecule has 0 bridgehead atoms. The van der Waals surface area contributed by atoms with Gasteiger partial charge in [-0.2, -0.15) is 0 Å². The zero-order valence-electron chi connectivity index (χ0n) is 13.2. The first-order valence-corrected chi connectivity index (χ1v) is 7.82. The van der Waals surface area contributed by atoms with Crippen LogP contribution >= 0.6 is 11.6 Å². The third-order valence-corrected chi connectivity index (χ3v) is 4.47. The largest absolute Gasteiger partial charge is 0.377 e. The van der Waals surface area contributed by atoms with Crippen LogP contribution in [0.1, 0.15) is 32.5 Å². The monoisotopic (exact) mass is 313 g/mol. The van der Waals surface area contributed by atoms with E-state index in [2.05, 4.69) is 18.8 Å². The number of ether oxygens (including phenoxy) is 1. The molecule has 1 aliphatic rings. The molecular formula is C15H24ClN3O2. The molecule has 0 saturated carbocycles. The molecule has 2 heterocycles. The zero-order chi connectivity index (χ0) is 15.6. The molecule has 0 N–H and O–H groups in total. The van der Waals surface area contributed by atoms with Gasteiger partial charge in [0.05, 0.1) is 24.8 Å². The number of imidazole rings is 1. The van der Waals surface area contributed by atoms with Gasteiger partial charge in [0.1, 0.15) is 11.0 Å². The Morgan fingerprint density at radius 3 is 2.90 bits per heavy atom. The van der Waals surface area contributed by atoms with Crippen molar-refractivity contribution in [3.63, 3.8) is 0 Å². The van der Waals surface area contributed by atoms with Crippen LogP contribution in [0.3, 0.4) is 0 Å². The summed E-state index contributed by atoms with van der Waals surface area (Å²) in [6, 6.07) is 0. The average molecular weight is 314 g/mol. The van der Waals surface area contributed by atoms with Crippen molar-refractivity contribution in [3.8, 4) is 0 Å². The normalized spacial score (nSPS) is 22.6. The molecule has 1 aliphatic heterocycles. The summed E-state index contributed by atoms with van der Waals surface area (Å²) >= 11 is 5.98. The van der Waals surface area contributed by atoms with E-state index >= 15 is 0 Å². The lowest BCUT2D eigenvalue weighted by Crippen LogP contribution is -2.44. The molecule has 5 nitrogen and oxygen atoms in total. The van der Waals surface area contributed by atoms with E-state index in [0.717, 1.165) is 25.3 Å². The van der Waals surface area contributed by atoms with Crippen LogP contribution in [0.4, 0.5) is 0 Å². The number of halogens is 1. The van der Waals surface area contributed by atoms with E-state index in [1.165, 1.54) is 0 Å². The molecule has 0 radical (unpaired) electrons. The highest BCUT2D eigenvalue weighted by Crippen LogP contribution is 2.28. The topological polar surface area (TPSA) is 47.4 Å². The van der Waals surface area contributed by atoms with Gasteiger partial charge in [0, 0.05) is 20.7 Å². The molecule has 0 spiro atoms. The molecule has 21 heavy (non-hydrogen) atoms. The summed E-state index contributed by atoms with van der Waals surface area (Å²) in [6.07, 6.45) is 3.46. The van der Waals surface area contributed by atoms with Crippen LogP contribution in [0, 0.1) is 11.8 Å². The zero-order valence-corrected chi connectivity index (χ0v) is 13.9.